The summed E-state index contributed by atoms with van der Waals surface area (Å²) >= 11 is 0. The zero-order chi connectivity index (χ0) is 7.14. The van der Waals surface area contributed by atoms with Gasteiger partial charge in [-0.3, -0.25) is 0 Å². The molecule has 0 nitrogen and oxygen atoms in total. The molecule has 2 bridgehead atoms. The van der Waals surface area contributed by atoms with Crippen molar-refractivity contribution in [2.24, 2.45) is 23.7 Å². The highest BCUT2D eigenvalue weighted by Crippen LogP contribution is 2.52. The fraction of sp³-hybridized carbons (Fsp3) is 1.00. The SMILES string of the molecule is CC(C)C1C2CCC1CC2. The van der Waals surface area contributed by atoms with Gasteiger partial charge in [0.25, 0.3) is 0 Å². The van der Waals surface area contributed by atoms with Crippen molar-refractivity contribution in [2.45, 2.75) is 39.5 Å². The Hall–Kier alpha value is 0. The Morgan fingerprint density at radius 2 is 1.30 bits per heavy atom. The largest absolute Gasteiger partial charge is 0.0625 e. The van der Waals surface area contributed by atoms with Crippen LogP contribution in [0.1, 0.15) is 39.5 Å². The second-order valence-electron chi connectivity index (χ2n) is 4.50. The summed E-state index contributed by atoms with van der Waals surface area (Å²) in [5, 5.41) is 0. The van der Waals surface area contributed by atoms with Gasteiger partial charge in [-0.25, -0.2) is 0 Å². The number of hydrogen-bond acceptors (Lipinski definition) is 0. The predicted octanol–water partition coefficient (Wildman–Crippen LogP) is 3.08. The Morgan fingerprint density at radius 1 is 0.900 bits per heavy atom. The van der Waals surface area contributed by atoms with Gasteiger partial charge in [0.1, 0.15) is 0 Å². The van der Waals surface area contributed by atoms with Crippen LogP contribution in [0.5, 0.6) is 0 Å². The van der Waals surface area contributed by atoms with E-state index in [-0.39, 0.29) is 0 Å². The molecule has 0 aromatic carbocycles. The van der Waals surface area contributed by atoms with Gasteiger partial charge in [-0.1, -0.05) is 13.8 Å². The Morgan fingerprint density at radius 3 is 1.50 bits per heavy atom. The highest BCUT2D eigenvalue weighted by molar-refractivity contribution is 4.92. The zero-order valence-corrected chi connectivity index (χ0v) is 7.14. The lowest BCUT2D eigenvalue weighted by atomic mass is 9.87. The van der Waals surface area contributed by atoms with Gasteiger partial charge in [-0.2, -0.15) is 0 Å². The van der Waals surface area contributed by atoms with Crippen molar-refractivity contribution in [2.75, 3.05) is 0 Å². The molecule has 2 saturated carbocycles. The molecule has 0 heterocycles. The monoisotopic (exact) mass is 138 g/mol. The molecule has 0 spiro atoms. The lowest BCUT2D eigenvalue weighted by Gasteiger charge is -2.19. The van der Waals surface area contributed by atoms with Crippen molar-refractivity contribution in [3.8, 4) is 0 Å². The van der Waals surface area contributed by atoms with Gasteiger partial charge < -0.3 is 0 Å². The van der Waals surface area contributed by atoms with Crippen LogP contribution in [0.25, 0.3) is 0 Å². The van der Waals surface area contributed by atoms with Crippen LogP contribution >= 0.6 is 0 Å². The van der Waals surface area contributed by atoms with Crippen LogP contribution in [0.15, 0.2) is 0 Å². The topological polar surface area (TPSA) is 0 Å². The molecule has 0 radical (unpaired) electrons. The molecule has 2 rings (SSSR count). The minimum atomic E-state index is 0.958. The molecule has 0 atom stereocenters. The summed E-state index contributed by atoms with van der Waals surface area (Å²) in [7, 11) is 0. The van der Waals surface area contributed by atoms with Crippen LogP contribution < -0.4 is 0 Å². The molecule has 2 aliphatic rings. The first-order valence-electron chi connectivity index (χ1n) is 4.79. The summed E-state index contributed by atoms with van der Waals surface area (Å²) in [6, 6.07) is 0. The molecule has 0 saturated heterocycles. The van der Waals surface area contributed by atoms with E-state index in [0.717, 1.165) is 23.7 Å². The first-order chi connectivity index (χ1) is 4.79. The average molecular weight is 138 g/mol. The van der Waals surface area contributed by atoms with Gasteiger partial charge >= 0.3 is 0 Å². The zero-order valence-electron chi connectivity index (χ0n) is 7.14. The van der Waals surface area contributed by atoms with E-state index in [0.29, 0.717) is 0 Å². The van der Waals surface area contributed by atoms with E-state index in [9.17, 15) is 0 Å². The Labute approximate surface area is 64.0 Å². The number of fused-ring (bicyclic) bond motifs is 2. The lowest BCUT2D eigenvalue weighted by molar-refractivity contribution is 0.298. The molecule has 0 heteroatoms. The molecule has 0 amide bonds. The number of hydrogen-bond donors (Lipinski definition) is 0. The summed E-state index contributed by atoms with van der Waals surface area (Å²) in [4.78, 5) is 0. The van der Waals surface area contributed by atoms with Crippen LogP contribution in [0.2, 0.25) is 0 Å². The van der Waals surface area contributed by atoms with Crippen molar-refractivity contribution >= 4 is 0 Å². The number of rotatable bonds is 1. The van der Waals surface area contributed by atoms with E-state index < -0.39 is 0 Å². The van der Waals surface area contributed by atoms with E-state index in [1.54, 1.807) is 25.7 Å². The molecule has 0 N–H and O–H groups in total. The highest BCUT2D eigenvalue weighted by Gasteiger charge is 2.42. The van der Waals surface area contributed by atoms with Crippen LogP contribution in [-0.2, 0) is 0 Å². The van der Waals surface area contributed by atoms with Gasteiger partial charge in [-0.05, 0) is 49.4 Å². The molecular formula is C10H18. The fourth-order valence-corrected chi connectivity index (χ4v) is 3.39. The molecule has 0 aliphatic heterocycles. The van der Waals surface area contributed by atoms with Crippen LogP contribution in [0, 0.1) is 23.7 Å². The summed E-state index contributed by atoms with van der Waals surface area (Å²) < 4.78 is 0. The predicted molar refractivity (Wildman–Crippen MR) is 43.8 cm³/mol. The van der Waals surface area contributed by atoms with E-state index in [1.165, 1.54) is 0 Å². The maximum absolute atomic E-state index is 2.40. The maximum atomic E-state index is 2.40. The molecule has 0 aromatic rings. The van der Waals surface area contributed by atoms with Gasteiger partial charge in [0, 0.05) is 0 Å². The van der Waals surface area contributed by atoms with Crippen molar-refractivity contribution in [3.63, 3.8) is 0 Å². The maximum Gasteiger partial charge on any atom is -0.0334 e. The smallest absolute Gasteiger partial charge is 0.0334 e. The Kier molecular flexibility index (Phi) is 1.51. The minimum absolute atomic E-state index is 0.958. The summed E-state index contributed by atoms with van der Waals surface area (Å²) in [5.41, 5.74) is 0. The molecule has 0 unspecified atom stereocenters. The standard InChI is InChI=1S/C10H18/c1-7(2)10-8-3-4-9(10)6-5-8/h7-10H,3-6H2,1-2H3. The Bertz CT molecular complexity index is 106. The molecule has 2 fully saturated rings. The van der Waals surface area contributed by atoms with E-state index in [2.05, 4.69) is 13.8 Å². The van der Waals surface area contributed by atoms with Gasteiger partial charge in [0.05, 0.1) is 0 Å². The van der Waals surface area contributed by atoms with E-state index >= 15 is 0 Å². The highest BCUT2D eigenvalue weighted by atomic mass is 14.5. The lowest BCUT2D eigenvalue weighted by Crippen LogP contribution is -2.12. The Balaban J connectivity index is 2.09. The van der Waals surface area contributed by atoms with Gasteiger partial charge in [-0.15, -0.1) is 0 Å². The molecule has 58 valence electrons. The van der Waals surface area contributed by atoms with Crippen molar-refractivity contribution < 1.29 is 0 Å². The molecule has 2 aliphatic carbocycles. The van der Waals surface area contributed by atoms with Gasteiger partial charge in [0.2, 0.25) is 0 Å². The third kappa shape index (κ3) is 0.810. The molecule has 10 heavy (non-hydrogen) atoms. The van der Waals surface area contributed by atoms with Crippen molar-refractivity contribution in [1.29, 1.82) is 0 Å². The van der Waals surface area contributed by atoms with E-state index in [4.69, 9.17) is 0 Å². The van der Waals surface area contributed by atoms with Crippen LogP contribution in [0.4, 0.5) is 0 Å². The van der Waals surface area contributed by atoms with E-state index in [1.807, 2.05) is 0 Å². The first-order valence-corrected chi connectivity index (χ1v) is 4.79. The quantitative estimate of drug-likeness (QED) is 0.522. The molecule has 0 aromatic heterocycles. The normalized spacial score (nSPS) is 45.3. The summed E-state index contributed by atoms with van der Waals surface area (Å²) in [6.45, 7) is 4.81. The average Bonchev–Trinajstić information content (AvgIpc) is 2.43. The minimum Gasteiger partial charge on any atom is -0.0625 e. The second kappa shape index (κ2) is 2.25. The van der Waals surface area contributed by atoms with Crippen molar-refractivity contribution in [3.05, 3.63) is 0 Å². The van der Waals surface area contributed by atoms with Crippen LogP contribution in [-0.4, -0.2) is 0 Å². The van der Waals surface area contributed by atoms with Crippen LogP contribution in [0.3, 0.4) is 0 Å². The fourth-order valence-electron chi connectivity index (χ4n) is 3.39. The third-order valence-corrected chi connectivity index (χ3v) is 3.67. The summed E-state index contributed by atoms with van der Waals surface area (Å²) in [5.74, 6) is 4.33. The first kappa shape index (κ1) is 6.69. The van der Waals surface area contributed by atoms with Gasteiger partial charge in [0.15, 0.2) is 0 Å². The van der Waals surface area contributed by atoms with Crippen molar-refractivity contribution in [1.82, 2.24) is 0 Å². The summed E-state index contributed by atoms with van der Waals surface area (Å²) in [6.07, 6.45) is 6.20. The second-order valence-corrected chi connectivity index (χ2v) is 4.50. The third-order valence-electron chi connectivity index (χ3n) is 3.67. The molecular weight excluding hydrogens is 120 g/mol.